The number of nitrogens with two attached hydrogens (primary N) is 1. The highest BCUT2D eigenvalue weighted by Crippen LogP contribution is 2.20. The molecule has 1 aromatic rings. The van der Waals surface area contributed by atoms with Crippen molar-refractivity contribution in [3.63, 3.8) is 0 Å². The smallest absolute Gasteiger partial charge is 0.410 e. The summed E-state index contributed by atoms with van der Waals surface area (Å²) in [5.74, 6) is 0.426. The van der Waals surface area contributed by atoms with Gasteiger partial charge in [0.1, 0.15) is 11.4 Å². The quantitative estimate of drug-likeness (QED) is 0.769. The minimum atomic E-state index is -0.561. The first-order chi connectivity index (χ1) is 8.80. The van der Waals surface area contributed by atoms with Crippen LogP contribution in [0.5, 0.6) is 0 Å². The molecule has 1 aliphatic rings. The van der Waals surface area contributed by atoms with Gasteiger partial charge in [-0.2, -0.15) is 0 Å². The average Bonchev–Trinajstić information content (AvgIpc) is 2.71. The number of H-pyrrole nitrogens is 1. The van der Waals surface area contributed by atoms with Gasteiger partial charge in [-0.1, -0.05) is 0 Å². The molecule has 1 amide bonds. The Hall–Kier alpha value is -1.89. The average molecular weight is 266 g/mol. The minimum absolute atomic E-state index is 0.162. The molecule has 0 unspecified atom stereocenters. The Balaban J connectivity index is 2.19. The summed E-state index contributed by atoms with van der Waals surface area (Å²) in [4.78, 5) is 32.0. The first kappa shape index (κ1) is 13.5. The summed E-state index contributed by atoms with van der Waals surface area (Å²) < 4.78 is 5.27. The second-order valence-corrected chi connectivity index (χ2v) is 5.48. The van der Waals surface area contributed by atoms with E-state index in [4.69, 9.17) is 10.5 Å². The zero-order valence-electron chi connectivity index (χ0n) is 11.3. The van der Waals surface area contributed by atoms with Crippen molar-refractivity contribution < 1.29 is 9.53 Å². The number of ether oxygens (including phenoxy) is 1. The number of aromatic nitrogens is 2. The molecule has 1 aliphatic heterocycles. The van der Waals surface area contributed by atoms with Crippen molar-refractivity contribution in [1.29, 1.82) is 0 Å². The van der Waals surface area contributed by atoms with E-state index < -0.39 is 11.7 Å². The first-order valence-electron chi connectivity index (χ1n) is 6.09. The molecule has 7 nitrogen and oxygen atoms in total. The van der Waals surface area contributed by atoms with Crippen molar-refractivity contribution in [2.45, 2.75) is 46.0 Å². The topological polar surface area (TPSA) is 101 Å². The molecule has 7 heteroatoms. The number of carbonyl (C=O) groups is 1. The lowest BCUT2D eigenvalue weighted by molar-refractivity contribution is 0.0240. The molecular weight excluding hydrogens is 248 g/mol. The maximum Gasteiger partial charge on any atom is 0.410 e. The summed E-state index contributed by atoms with van der Waals surface area (Å²) in [6, 6.07) is 0. The van der Waals surface area contributed by atoms with Gasteiger partial charge in [-0.3, -0.25) is 9.69 Å². The molecule has 0 atom stereocenters. The monoisotopic (exact) mass is 266 g/mol. The first-order valence-corrected chi connectivity index (χ1v) is 6.09. The van der Waals surface area contributed by atoms with E-state index in [1.54, 1.807) is 20.8 Å². The van der Waals surface area contributed by atoms with Crippen LogP contribution < -0.4 is 11.3 Å². The Morgan fingerprint density at radius 3 is 2.74 bits per heavy atom. The van der Waals surface area contributed by atoms with E-state index >= 15 is 0 Å². The van der Waals surface area contributed by atoms with E-state index in [0.717, 1.165) is 0 Å². The lowest BCUT2D eigenvalue weighted by Gasteiger charge is -2.23. The fourth-order valence-corrected chi connectivity index (χ4v) is 1.87. The number of nitrogens with one attached hydrogen (secondary N) is 1. The zero-order chi connectivity index (χ0) is 14.2. The number of aromatic amines is 1. The summed E-state index contributed by atoms with van der Waals surface area (Å²) in [5.41, 5.74) is 5.75. The molecule has 2 heterocycles. The van der Waals surface area contributed by atoms with Gasteiger partial charge in [0.2, 0.25) is 0 Å². The molecule has 0 aromatic carbocycles. The SMILES string of the molecule is CC(C)(C)OC(=O)N1Cc2nc(CN)[nH]c(=O)c2C1. The van der Waals surface area contributed by atoms with Gasteiger partial charge in [0.05, 0.1) is 30.9 Å². The summed E-state index contributed by atoms with van der Waals surface area (Å²) in [7, 11) is 0. The van der Waals surface area contributed by atoms with Gasteiger partial charge in [0, 0.05) is 0 Å². The Morgan fingerprint density at radius 1 is 1.47 bits per heavy atom. The molecule has 0 radical (unpaired) electrons. The van der Waals surface area contributed by atoms with Gasteiger partial charge in [-0.25, -0.2) is 9.78 Å². The van der Waals surface area contributed by atoms with E-state index in [0.29, 0.717) is 17.1 Å². The summed E-state index contributed by atoms with van der Waals surface area (Å²) in [5, 5.41) is 0. The Labute approximate surface area is 110 Å². The highest BCUT2D eigenvalue weighted by molar-refractivity contribution is 5.69. The number of amides is 1. The van der Waals surface area contributed by atoms with Crippen molar-refractivity contribution in [3.05, 3.63) is 27.4 Å². The molecule has 0 saturated carbocycles. The predicted molar refractivity (Wildman–Crippen MR) is 68.2 cm³/mol. The Kier molecular flexibility index (Phi) is 3.32. The molecule has 19 heavy (non-hydrogen) atoms. The minimum Gasteiger partial charge on any atom is -0.444 e. The molecule has 104 valence electrons. The van der Waals surface area contributed by atoms with Crippen LogP contribution in [-0.4, -0.2) is 26.6 Å². The van der Waals surface area contributed by atoms with Crippen LogP contribution in [0.4, 0.5) is 4.79 Å². The van der Waals surface area contributed by atoms with Gasteiger partial charge in [-0.15, -0.1) is 0 Å². The second kappa shape index (κ2) is 4.65. The van der Waals surface area contributed by atoms with Crippen LogP contribution in [-0.2, 0) is 24.4 Å². The summed E-state index contributed by atoms with van der Waals surface area (Å²) in [6.45, 7) is 6.05. The number of hydrogen-bond donors (Lipinski definition) is 2. The van der Waals surface area contributed by atoms with E-state index in [1.807, 2.05) is 0 Å². The lowest BCUT2D eigenvalue weighted by atomic mass is 10.2. The number of nitrogens with zero attached hydrogens (tertiary/aromatic N) is 2. The van der Waals surface area contributed by atoms with Crippen LogP contribution in [0.25, 0.3) is 0 Å². The molecule has 3 N–H and O–H groups in total. The fourth-order valence-electron chi connectivity index (χ4n) is 1.87. The normalized spacial score (nSPS) is 14.4. The molecule has 2 rings (SSSR count). The molecule has 0 saturated heterocycles. The largest absolute Gasteiger partial charge is 0.444 e. The van der Waals surface area contributed by atoms with Crippen LogP contribution in [0.2, 0.25) is 0 Å². The van der Waals surface area contributed by atoms with Gasteiger partial charge in [-0.05, 0) is 20.8 Å². The lowest BCUT2D eigenvalue weighted by Crippen LogP contribution is -2.33. The number of carbonyl (C=O) groups excluding carboxylic acids is 1. The summed E-state index contributed by atoms with van der Waals surface area (Å²) in [6.07, 6.45) is -0.445. The van der Waals surface area contributed by atoms with E-state index in [2.05, 4.69) is 9.97 Å². The van der Waals surface area contributed by atoms with Crippen molar-refractivity contribution in [3.8, 4) is 0 Å². The van der Waals surface area contributed by atoms with Crippen molar-refractivity contribution >= 4 is 6.09 Å². The zero-order valence-corrected chi connectivity index (χ0v) is 11.3. The van der Waals surface area contributed by atoms with E-state index in [1.165, 1.54) is 4.90 Å². The summed E-state index contributed by atoms with van der Waals surface area (Å²) >= 11 is 0. The van der Waals surface area contributed by atoms with Gasteiger partial charge in [0.25, 0.3) is 5.56 Å². The third kappa shape index (κ3) is 2.93. The van der Waals surface area contributed by atoms with Crippen LogP contribution >= 0.6 is 0 Å². The van der Waals surface area contributed by atoms with Gasteiger partial charge in [0.15, 0.2) is 0 Å². The molecule has 0 bridgehead atoms. The Morgan fingerprint density at radius 2 is 2.16 bits per heavy atom. The van der Waals surface area contributed by atoms with Crippen molar-refractivity contribution in [1.82, 2.24) is 14.9 Å². The predicted octanol–water partition coefficient (Wildman–Crippen LogP) is 0.479. The van der Waals surface area contributed by atoms with Crippen molar-refractivity contribution in [2.75, 3.05) is 0 Å². The van der Waals surface area contributed by atoms with Crippen LogP contribution in [0, 0.1) is 0 Å². The number of rotatable bonds is 1. The fraction of sp³-hybridized carbons (Fsp3) is 0.583. The van der Waals surface area contributed by atoms with Gasteiger partial charge < -0.3 is 15.5 Å². The van der Waals surface area contributed by atoms with Crippen LogP contribution in [0.1, 0.15) is 37.9 Å². The van der Waals surface area contributed by atoms with Crippen molar-refractivity contribution in [2.24, 2.45) is 5.73 Å². The third-order valence-electron chi connectivity index (χ3n) is 2.68. The third-order valence-corrected chi connectivity index (χ3v) is 2.68. The second-order valence-electron chi connectivity index (χ2n) is 5.48. The number of fused-ring (bicyclic) bond motifs is 1. The van der Waals surface area contributed by atoms with Crippen LogP contribution in [0.3, 0.4) is 0 Å². The van der Waals surface area contributed by atoms with E-state index in [-0.39, 0.29) is 25.2 Å². The molecule has 0 spiro atoms. The highest BCUT2D eigenvalue weighted by Gasteiger charge is 2.30. The van der Waals surface area contributed by atoms with E-state index in [9.17, 15) is 9.59 Å². The number of hydrogen-bond acceptors (Lipinski definition) is 5. The Bertz CT molecular complexity index is 559. The molecule has 0 aliphatic carbocycles. The maximum absolute atomic E-state index is 11.9. The molecule has 0 fully saturated rings. The molecule has 1 aromatic heterocycles. The van der Waals surface area contributed by atoms with Gasteiger partial charge >= 0.3 is 6.09 Å². The maximum atomic E-state index is 11.9. The van der Waals surface area contributed by atoms with Crippen LogP contribution in [0.15, 0.2) is 4.79 Å². The molecular formula is C12H18N4O3. The standard InChI is InChI=1S/C12H18N4O3/c1-12(2,3)19-11(18)16-5-7-8(6-16)14-9(4-13)15-10(7)17/h4-6,13H2,1-3H3,(H,14,15,17). The highest BCUT2D eigenvalue weighted by atomic mass is 16.6.